The SMILES string of the molecule is CCc1noc(C2(O)CCN(S(=O)(=O)Cc3noc4ccccc34)C2)n1. The molecule has 1 unspecified atom stereocenters. The quantitative estimate of drug-likeness (QED) is 0.702. The Morgan fingerprint density at radius 3 is 2.85 bits per heavy atom. The van der Waals surface area contributed by atoms with Crippen LogP contribution in [0, 0.1) is 0 Å². The van der Waals surface area contributed by atoms with E-state index in [9.17, 15) is 13.5 Å². The second-order valence-corrected chi connectivity index (χ2v) is 8.34. The largest absolute Gasteiger partial charge is 0.379 e. The Bertz CT molecular complexity index is 1040. The van der Waals surface area contributed by atoms with Gasteiger partial charge in [-0.15, -0.1) is 0 Å². The molecule has 4 rings (SSSR count). The molecule has 0 saturated carbocycles. The zero-order valence-corrected chi connectivity index (χ0v) is 14.9. The van der Waals surface area contributed by atoms with Crippen molar-refractivity contribution in [2.24, 2.45) is 0 Å². The van der Waals surface area contributed by atoms with Gasteiger partial charge in [0.2, 0.25) is 10.0 Å². The van der Waals surface area contributed by atoms with Crippen molar-refractivity contribution in [3.8, 4) is 0 Å². The predicted molar refractivity (Wildman–Crippen MR) is 90.4 cm³/mol. The third-order valence-electron chi connectivity index (χ3n) is 4.56. The smallest absolute Gasteiger partial charge is 0.260 e. The lowest BCUT2D eigenvalue weighted by Crippen LogP contribution is -2.35. The second-order valence-electron chi connectivity index (χ2n) is 6.37. The third kappa shape index (κ3) is 2.89. The number of sulfonamides is 1. The molecule has 9 nitrogen and oxygen atoms in total. The van der Waals surface area contributed by atoms with Gasteiger partial charge in [0.05, 0.1) is 6.54 Å². The van der Waals surface area contributed by atoms with Crippen LogP contribution in [0.5, 0.6) is 0 Å². The number of rotatable bonds is 5. The number of para-hydroxylation sites is 1. The topological polar surface area (TPSA) is 123 Å². The highest BCUT2D eigenvalue weighted by molar-refractivity contribution is 7.88. The average molecular weight is 378 g/mol. The van der Waals surface area contributed by atoms with E-state index >= 15 is 0 Å². The molecule has 0 amide bonds. The number of aliphatic hydroxyl groups is 1. The van der Waals surface area contributed by atoms with Crippen LogP contribution in [-0.4, -0.2) is 46.2 Å². The van der Waals surface area contributed by atoms with Gasteiger partial charge >= 0.3 is 0 Å². The van der Waals surface area contributed by atoms with E-state index in [1.54, 1.807) is 24.3 Å². The molecule has 0 spiro atoms. The van der Waals surface area contributed by atoms with Gasteiger partial charge in [-0.2, -0.15) is 9.29 Å². The molecule has 3 aromatic rings. The second kappa shape index (κ2) is 6.15. The zero-order chi connectivity index (χ0) is 18.4. The number of hydrogen-bond acceptors (Lipinski definition) is 8. The summed E-state index contributed by atoms with van der Waals surface area (Å²) in [6.07, 6.45) is 0.762. The minimum atomic E-state index is -3.69. The monoisotopic (exact) mass is 378 g/mol. The summed E-state index contributed by atoms with van der Waals surface area (Å²) in [5.74, 6) is 0.229. The molecule has 1 N–H and O–H groups in total. The minimum absolute atomic E-state index is 0.0546. The molecule has 0 aliphatic carbocycles. The minimum Gasteiger partial charge on any atom is -0.379 e. The summed E-state index contributed by atoms with van der Waals surface area (Å²) in [5.41, 5.74) is -0.588. The van der Waals surface area contributed by atoms with Gasteiger partial charge in [-0.25, -0.2) is 8.42 Å². The lowest BCUT2D eigenvalue weighted by atomic mass is 10.0. The van der Waals surface area contributed by atoms with Crippen LogP contribution < -0.4 is 0 Å². The molecule has 1 atom stereocenters. The molecule has 0 radical (unpaired) electrons. The van der Waals surface area contributed by atoms with Gasteiger partial charge < -0.3 is 14.2 Å². The molecular formula is C16H18N4O5S. The van der Waals surface area contributed by atoms with Crippen molar-refractivity contribution >= 4 is 21.0 Å². The maximum Gasteiger partial charge on any atom is 0.260 e. The fourth-order valence-electron chi connectivity index (χ4n) is 3.06. The Morgan fingerprint density at radius 1 is 1.27 bits per heavy atom. The van der Waals surface area contributed by atoms with Crippen molar-refractivity contribution in [3.63, 3.8) is 0 Å². The number of aryl methyl sites for hydroxylation is 1. The Morgan fingerprint density at radius 2 is 2.08 bits per heavy atom. The van der Waals surface area contributed by atoms with Crippen molar-refractivity contribution in [1.82, 2.24) is 19.6 Å². The van der Waals surface area contributed by atoms with Gasteiger partial charge in [-0.3, -0.25) is 0 Å². The molecule has 1 aliphatic heterocycles. The molecule has 2 aromatic heterocycles. The van der Waals surface area contributed by atoms with E-state index < -0.39 is 15.6 Å². The summed E-state index contributed by atoms with van der Waals surface area (Å²) in [5, 5.41) is 19.1. The van der Waals surface area contributed by atoms with E-state index in [2.05, 4.69) is 15.3 Å². The number of β-amino-alcohol motifs (C(OH)–C–C–N with tert-alkyl or cyclic N) is 1. The summed E-state index contributed by atoms with van der Waals surface area (Å²) in [6, 6.07) is 7.09. The highest BCUT2D eigenvalue weighted by Crippen LogP contribution is 2.33. The number of fused-ring (bicyclic) bond motifs is 1. The van der Waals surface area contributed by atoms with Crippen LogP contribution in [0.25, 0.3) is 11.0 Å². The van der Waals surface area contributed by atoms with E-state index in [-0.39, 0.29) is 31.2 Å². The van der Waals surface area contributed by atoms with E-state index in [1.807, 2.05) is 6.92 Å². The van der Waals surface area contributed by atoms with Crippen molar-refractivity contribution in [3.05, 3.63) is 41.7 Å². The van der Waals surface area contributed by atoms with Crippen LogP contribution in [0.4, 0.5) is 0 Å². The lowest BCUT2D eigenvalue weighted by molar-refractivity contribution is 0.0194. The Balaban J connectivity index is 1.55. The van der Waals surface area contributed by atoms with Crippen LogP contribution in [-0.2, 0) is 27.8 Å². The molecule has 3 heterocycles. The Kier molecular flexibility index (Phi) is 4.05. The van der Waals surface area contributed by atoms with Gasteiger partial charge in [0.25, 0.3) is 5.89 Å². The third-order valence-corrected chi connectivity index (χ3v) is 6.30. The van der Waals surface area contributed by atoms with Gasteiger partial charge in [-0.1, -0.05) is 29.4 Å². The maximum atomic E-state index is 12.8. The van der Waals surface area contributed by atoms with E-state index in [4.69, 9.17) is 9.05 Å². The fourth-order valence-corrected chi connectivity index (χ4v) is 4.58. The fraction of sp³-hybridized carbons (Fsp3) is 0.438. The molecule has 1 aliphatic rings. The highest BCUT2D eigenvalue weighted by Gasteiger charge is 2.46. The van der Waals surface area contributed by atoms with Crippen molar-refractivity contribution in [2.75, 3.05) is 13.1 Å². The molecule has 0 bridgehead atoms. The van der Waals surface area contributed by atoms with E-state index in [1.165, 1.54) is 4.31 Å². The molecule has 138 valence electrons. The number of hydrogen-bond donors (Lipinski definition) is 1. The standard InChI is InChI=1S/C16H18N4O5S/c1-2-14-17-15(25-19-14)16(21)7-8-20(10-16)26(22,23)9-12-11-5-3-4-6-13(11)24-18-12/h3-6,21H,2,7-10H2,1H3. The van der Waals surface area contributed by atoms with Crippen LogP contribution in [0.1, 0.15) is 30.8 Å². The lowest BCUT2D eigenvalue weighted by Gasteiger charge is -2.19. The number of benzene rings is 1. The zero-order valence-electron chi connectivity index (χ0n) is 14.1. The first-order valence-corrected chi connectivity index (χ1v) is 9.89. The first-order valence-electron chi connectivity index (χ1n) is 8.28. The van der Waals surface area contributed by atoms with Crippen LogP contribution in [0.3, 0.4) is 0 Å². The van der Waals surface area contributed by atoms with Gasteiger partial charge in [-0.05, 0) is 12.1 Å². The summed E-state index contributed by atoms with van der Waals surface area (Å²) in [4.78, 5) is 4.14. The first-order chi connectivity index (χ1) is 12.4. The maximum absolute atomic E-state index is 12.8. The summed E-state index contributed by atoms with van der Waals surface area (Å²) >= 11 is 0. The Labute approximate surface area is 149 Å². The molecule has 10 heteroatoms. The van der Waals surface area contributed by atoms with Crippen LogP contribution in [0.2, 0.25) is 0 Å². The molecule has 1 fully saturated rings. The van der Waals surface area contributed by atoms with Crippen molar-refractivity contribution in [2.45, 2.75) is 31.1 Å². The van der Waals surface area contributed by atoms with Crippen LogP contribution >= 0.6 is 0 Å². The first kappa shape index (κ1) is 17.1. The molecule has 26 heavy (non-hydrogen) atoms. The molecule has 1 aromatic carbocycles. The van der Waals surface area contributed by atoms with Crippen molar-refractivity contribution in [1.29, 1.82) is 0 Å². The summed E-state index contributed by atoms with van der Waals surface area (Å²) in [7, 11) is -3.69. The number of nitrogens with zero attached hydrogens (tertiary/aromatic N) is 4. The Hall–Kier alpha value is -2.30. The van der Waals surface area contributed by atoms with Gasteiger partial charge in [0.1, 0.15) is 11.4 Å². The highest BCUT2D eigenvalue weighted by atomic mass is 32.2. The summed E-state index contributed by atoms with van der Waals surface area (Å²) < 4.78 is 37.1. The van der Waals surface area contributed by atoms with Gasteiger partial charge in [0, 0.05) is 24.8 Å². The van der Waals surface area contributed by atoms with E-state index in [0.717, 1.165) is 0 Å². The molecule has 1 saturated heterocycles. The normalized spacial score (nSPS) is 21.6. The number of aromatic nitrogens is 3. The van der Waals surface area contributed by atoms with Gasteiger partial charge in [0.15, 0.2) is 17.0 Å². The van der Waals surface area contributed by atoms with E-state index in [0.29, 0.717) is 28.9 Å². The predicted octanol–water partition coefficient (Wildman–Crippen LogP) is 1.20. The average Bonchev–Trinajstić information content (AvgIpc) is 3.34. The summed E-state index contributed by atoms with van der Waals surface area (Å²) in [6.45, 7) is 1.90. The van der Waals surface area contributed by atoms with Crippen molar-refractivity contribution < 1.29 is 22.6 Å². The van der Waals surface area contributed by atoms with Crippen LogP contribution in [0.15, 0.2) is 33.3 Å². The molecular weight excluding hydrogens is 360 g/mol.